The third-order valence-corrected chi connectivity index (χ3v) is 3.23. The molecule has 0 aromatic carbocycles. The van der Waals surface area contributed by atoms with Gasteiger partial charge in [0.15, 0.2) is 0 Å². The van der Waals surface area contributed by atoms with E-state index in [1.807, 2.05) is 0 Å². The standard InChI is InChI=1S/C13H22N4/c1-3-4-12-6-13(16-9-15-12)17-7-10(2)5-11(14)8-17/h6,9-11H,3-5,7-8,14H2,1-2H3. The molecule has 94 valence electrons. The van der Waals surface area contributed by atoms with Crippen molar-refractivity contribution in [2.24, 2.45) is 11.7 Å². The molecule has 2 unspecified atom stereocenters. The van der Waals surface area contributed by atoms with Gasteiger partial charge in [-0.05, 0) is 18.8 Å². The summed E-state index contributed by atoms with van der Waals surface area (Å²) in [6.45, 7) is 6.38. The molecule has 0 spiro atoms. The number of piperidine rings is 1. The van der Waals surface area contributed by atoms with Gasteiger partial charge in [-0.1, -0.05) is 20.3 Å². The Kier molecular flexibility index (Phi) is 3.94. The van der Waals surface area contributed by atoms with E-state index in [-0.39, 0.29) is 6.04 Å². The van der Waals surface area contributed by atoms with Crippen LogP contribution in [0.15, 0.2) is 12.4 Å². The summed E-state index contributed by atoms with van der Waals surface area (Å²) in [5.74, 6) is 1.67. The van der Waals surface area contributed by atoms with Gasteiger partial charge >= 0.3 is 0 Å². The van der Waals surface area contributed by atoms with Crippen LogP contribution in [-0.4, -0.2) is 29.1 Å². The lowest BCUT2D eigenvalue weighted by Gasteiger charge is -2.35. The van der Waals surface area contributed by atoms with E-state index in [0.717, 1.165) is 43.9 Å². The highest BCUT2D eigenvalue weighted by Gasteiger charge is 2.23. The summed E-state index contributed by atoms with van der Waals surface area (Å²) in [6.07, 6.45) is 4.92. The van der Waals surface area contributed by atoms with E-state index in [2.05, 4.69) is 34.8 Å². The van der Waals surface area contributed by atoms with Gasteiger partial charge in [0.25, 0.3) is 0 Å². The van der Waals surface area contributed by atoms with Crippen molar-refractivity contribution in [2.45, 2.75) is 39.2 Å². The number of nitrogens with zero attached hydrogens (tertiary/aromatic N) is 3. The van der Waals surface area contributed by atoms with Crippen LogP contribution in [0.5, 0.6) is 0 Å². The Morgan fingerprint density at radius 1 is 1.41 bits per heavy atom. The number of aromatic nitrogens is 2. The summed E-state index contributed by atoms with van der Waals surface area (Å²) in [5.41, 5.74) is 7.19. The SMILES string of the molecule is CCCc1cc(N2CC(C)CC(N)C2)ncn1. The molecule has 17 heavy (non-hydrogen) atoms. The van der Waals surface area contributed by atoms with Crippen molar-refractivity contribution in [1.82, 2.24) is 9.97 Å². The minimum Gasteiger partial charge on any atom is -0.355 e. The Labute approximate surface area is 103 Å². The fraction of sp³-hybridized carbons (Fsp3) is 0.692. The van der Waals surface area contributed by atoms with E-state index in [1.165, 1.54) is 0 Å². The summed E-state index contributed by atoms with van der Waals surface area (Å²) < 4.78 is 0. The minimum absolute atomic E-state index is 0.267. The van der Waals surface area contributed by atoms with Crippen LogP contribution in [0.1, 0.15) is 32.4 Å². The fourth-order valence-corrected chi connectivity index (χ4v) is 2.54. The van der Waals surface area contributed by atoms with E-state index in [9.17, 15) is 0 Å². The average molecular weight is 234 g/mol. The van der Waals surface area contributed by atoms with Crippen LogP contribution in [0.4, 0.5) is 5.82 Å². The Bertz CT molecular complexity index is 356. The minimum atomic E-state index is 0.267. The molecule has 1 aromatic rings. The molecule has 4 heteroatoms. The molecule has 2 N–H and O–H groups in total. The zero-order chi connectivity index (χ0) is 12.3. The summed E-state index contributed by atoms with van der Waals surface area (Å²) in [6, 6.07) is 2.37. The Hall–Kier alpha value is -1.16. The van der Waals surface area contributed by atoms with Crippen molar-refractivity contribution in [1.29, 1.82) is 0 Å². The number of rotatable bonds is 3. The van der Waals surface area contributed by atoms with Gasteiger partial charge in [0.2, 0.25) is 0 Å². The smallest absolute Gasteiger partial charge is 0.132 e. The molecular weight excluding hydrogens is 212 g/mol. The molecular formula is C13H22N4. The first-order valence-electron chi connectivity index (χ1n) is 6.50. The van der Waals surface area contributed by atoms with Crippen molar-refractivity contribution in [3.8, 4) is 0 Å². The highest BCUT2D eigenvalue weighted by molar-refractivity contribution is 5.40. The van der Waals surface area contributed by atoms with Crippen LogP contribution < -0.4 is 10.6 Å². The molecule has 0 radical (unpaired) electrons. The first kappa shape index (κ1) is 12.3. The predicted octanol–water partition coefficient (Wildman–Crippen LogP) is 1.60. The van der Waals surface area contributed by atoms with Crippen LogP contribution in [0.3, 0.4) is 0 Å². The number of hydrogen-bond donors (Lipinski definition) is 1. The monoisotopic (exact) mass is 234 g/mol. The van der Waals surface area contributed by atoms with Crippen LogP contribution in [0.25, 0.3) is 0 Å². The predicted molar refractivity (Wildman–Crippen MR) is 70.0 cm³/mol. The van der Waals surface area contributed by atoms with Crippen LogP contribution >= 0.6 is 0 Å². The lowest BCUT2D eigenvalue weighted by molar-refractivity contribution is 0.399. The van der Waals surface area contributed by atoms with E-state index in [1.54, 1.807) is 6.33 Å². The maximum atomic E-state index is 6.06. The van der Waals surface area contributed by atoms with Crippen molar-refractivity contribution in [3.05, 3.63) is 18.1 Å². The zero-order valence-electron chi connectivity index (χ0n) is 10.8. The molecule has 0 bridgehead atoms. The van der Waals surface area contributed by atoms with Gasteiger partial charge in [-0.2, -0.15) is 0 Å². The summed E-state index contributed by atoms with van der Waals surface area (Å²) >= 11 is 0. The molecule has 4 nitrogen and oxygen atoms in total. The molecule has 2 rings (SSSR count). The third kappa shape index (κ3) is 3.16. The fourth-order valence-electron chi connectivity index (χ4n) is 2.54. The van der Waals surface area contributed by atoms with Gasteiger partial charge in [-0.15, -0.1) is 0 Å². The first-order valence-corrected chi connectivity index (χ1v) is 6.50. The van der Waals surface area contributed by atoms with E-state index < -0.39 is 0 Å². The van der Waals surface area contributed by atoms with Crippen LogP contribution in [-0.2, 0) is 6.42 Å². The maximum Gasteiger partial charge on any atom is 0.132 e. The zero-order valence-corrected chi connectivity index (χ0v) is 10.8. The lowest BCUT2D eigenvalue weighted by Crippen LogP contribution is -2.46. The van der Waals surface area contributed by atoms with Gasteiger partial charge in [0, 0.05) is 30.9 Å². The van der Waals surface area contributed by atoms with E-state index in [0.29, 0.717) is 5.92 Å². The second-order valence-corrected chi connectivity index (χ2v) is 5.12. The highest BCUT2D eigenvalue weighted by Crippen LogP contribution is 2.21. The molecule has 1 fully saturated rings. The van der Waals surface area contributed by atoms with Gasteiger partial charge in [-0.3, -0.25) is 0 Å². The molecule has 2 atom stereocenters. The molecule has 2 heterocycles. The number of nitrogens with two attached hydrogens (primary N) is 1. The third-order valence-electron chi connectivity index (χ3n) is 3.23. The highest BCUT2D eigenvalue weighted by atomic mass is 15.2. The number of aryl methyl sites for hydroxylation is 1. The van der Waals surface area contributed by atoms with Crippen LogP contribution in [0, 0.1) is 5.92 Å². The molecule has 1 aliphatic heterocycles. The van der Waals surface area contributed by atoms with E-state index >= 15 is 0 Å². The number of anilines is 1. The van der Waals surface area contributed by atoms with E-state index in [4.69, 9.17) is 5.73 Å². The Morgan fingerprint density at radius 3 is 2.94 bits per heavy atom. The number of hydrogen-bond acceptors (Lipinski definition) is 4. The lowest BCUT2D eigenvalue weighted by atomic mass is 9.96. The van der Waals surface area contributed by atoms with Gasteiger partial charge in [0.1, 0.15) is 12.1 Å². The quantitative estimate of drug-likeness (QED) is 0.863. The molecule has 1 aromatic heterocycles. The van der Waals surface area contributed by atoms with Gasteiger partial charge in [-0.25, -0.2) is 9.97 Å². The second-order valence-electron chi connectivity index (χ2n) is 5.12. The molecule has 1 aliphatic rings. The molecule has 0 aliphatic carbocycles. The summed E-state index contributed by atoms with van der Waals surface area (Å²) in [5, 5.41) is 0. The molecule has 0 amide bonds. The van der Waals surface area contributed by atoms with Crippen molar-refractivity contribution in [2.75, 3.05) is 18.0 Å². The maximum absolute atomic E-state index is 6.06. The normalized spacial score (nSPS) is 25.0. The molecule has 0 saturated carbocycles. The Morgan fingerprint density at radius 2 is 2.24 bits per heavy atom. The Balaban J connectivity index is 2.12. The molecule has 1 saturated heterocycles. The topological polar surface area (TPSA) is 55.0 Å². The van der Waals surface area contributed by atoms with Crippen molar-refractivity contribution < 1.29 is 0 Å². The van der Waals surface area contributed by atoms with Gasteiger partial charge < -0.3 is 10.6 Å². The first-order chi connectivity index (χ1) is 8.19. The van der Waals surface area contributed by atoms with Gasteiger partial charge in [0.05, 0.1) is 0 Å². The largest absolute Gasteiger partial charge is 0.355 e. The van der Waals surface area contributed by atoms with Crippen molar-refractivity contribution >= 4 is 5.82 Å². The van der Waals surface area contributed by atoms with Crippen molar-refractivity contribution in [3.63, 3.8) is 0 Å². The second kappa shape index (κ2) is 5.45. The average Bonchev–Trinajstić information content (AvgIpc) is 2.28. The van der Waals surface area contributed by atoms with Crippen LogP contribution in [0.2, 0.25) is 0 Å². The summed E-state index contributed by atoms with van der Waals surface area (Å²) in [7, 11) is 0. The summed E-state index contributed by atoms with van der Waals surface area (Å²) in [4.78, 5) is 11.0.